The van der Waals surface area contributed by atoms with Gasteiger partial charge in [0.05, 0.1) is 12.3 Å². The second-order valence-corrected chi connectivity index (χ2v) is 9.38. The number of hydrogen-bond acceptors (Lipinski definition) is 5. The SMILES string of the molecule is CC(C=CC1=C(C)CCCC1(C)C)=CC=CC(C)=CC(=O)OCc1cnc(C)c(O)c1CO. The first-order valence-corrected chi connectivity index (χ1v) is 11.4. The number of esters is 1. The minimum atomic E-state index is -0.497. The van der Waals surface area contributed by atoms with Crippen LogP contribution in [0.1, 0.15) is 70.7 Å². The van der Waals surface area contributed by atoms with Crippen LogP contribution in [0.25, 0.3) is 0 Å². The molecule has 33 heavy (non-hydrogen) atoms. The fourth-order valence-electron chi connectivity index (χ4n) is 4.04. The van der Waals surface area contributed by atoms with Crippen molar-refractivity contribution in [1.29, 1.82) is 0 Å². The van der Waals surface area contributed by atoms with Crippen LogP contribution in [0.15, 0.2) is 64.9 Å². The van der Waals surface area contributed by atoms with Crippen molar-refractivity contribution in [3.05, 3.63) is 81.8 Å². The molecule has 0 saturated heterocycles. The van der Waals surface area contributed by atoms with E-state index >= 15 is 0 Å². The maximum absolute atomic E-state index is 12.1. The maximum Gasteiger partial charge on any atom is 0.331 e. The van der Waals surface area contributed by atoms with Gasteiger partial charge >= 0.3 is 5.97 Å². The van der Waals surface area contributed by atoms with Crippen LogP contribution in [-0.4, -0.2) is 21.2 Å². The van der Waals surface area contributed by atoms with Gasteiger partial charge in [-0.05, 0) is 63.5 Å². The van der Waals surface area contributed by atoms with Crippen molar-refractivity contribution in [1.82, 2.24) is 4.98 Å². The summed E-state index contributed by atoms with van der Waals surface area (Å²) in [5.41, 5.74) is 6.25. The van der Waals surface area contributed by atoms with Gasteiger partial charge in [0.2, 0.25) is 0 Å². The molecule has 0 aliphatic heterocycles. The molecule has 0 bridgehead atoms. The quantitative estimate of drug-likeness (QED) is 0.281. The van der Waals surface area contributed by atoms with E-state index in [1.165, 1.54) is 42.7 Å². The minimum absolute atomic E-state index is 0.0709. The number of aryl methyl sites for hydroxylation is 1. The third-order valence-electron chi connectivity index (χ3n) is 6.08. The molecule has 1 aromatic heterocycles. The summed E-state index contributed by atoms with van der Waals surface area (Å²) in [6, 6.07) is 0. The Balaban J connectivity index is 1.96. The summed E-state index contributed by atoms with van der Waals surface area (Å²) >= 11 is 0. The number of rotatable bonds is 8. The summed E-state index contributed by atoms with van der Waals surface area (Å²) in [4.78, 5) is 16.2. The van der Waals surface area contributed by atoms with E-state index < -0.39 is 5.97 Å². The molecule has 0 atom stereocenters. The van der Waals surface area contributed by atoms with Crippen LogP contribution in [0.4, 0.5) is 0 Å². The van der Waals surface area contributed by atoms with Crippen molar-refractivity contribution in [2.24, 2.45) is 5.41 Å². The van der Waals surface area contributed by atoms with Gasteiger partial charge < -0.3 is 14.9 Å². The predicted molar refractivity (Wildman–Crippen MR) is 132 cm³/mol. The summed E-state index contributed by atoms with van der Waals surface area (Å²) in [5.74, 6) is -0.570. The van der Waals surface area contributed by atoms with Gasteiger partial charge in [-0.2, -0.15) is 0 Å². The highest BCUT2D eigenvalue weighted by Crippen LogP contribution is 2.40. The van der Waals surface area contributed by atoms with E-state index in [-0.39, 0.29) is 24.4 Å². The Morgan fingerprint density at radius 1 is 1.21 bits per heavy atom. The molecule has 0 aromatic carbocycles. The van der Waals surface area contributed by atoms with Gasteiger partial charge in [-0.25, -0.2) is 4.79 Å². The Hall–Kier alpha value is -2.92. The summed E-state index contributed by atoms with van der Waals surface area (Å²) in [7, 11) is 0. The van der Waals surface area contributed by atoms with Gasteiger partial charge in [0.15, 0.2) is 0 Å². The van der Waals surface area contributed by atoms with Crippen LogP contribution in [0, 0.1) is 12.3 Å². The largest absolute Gasteiger partial charge is 0.506 e. The lowest BCUT2D eigenvalue weighted by molar-refractivity contribution is -0.139. The van der Waals surface area contributed by atoms with E-state index in [9.17, 15) is 15.0 Å². The van der Waals surface area contributed by atoms with Gasteiger partial charge in [-0.1, -0.05) is 55.4 Å². The average molecular weight is 452 g/mol. The molecule has 0 saturated carbocycles. The number of pyridine rings is 1. The normalized spacial score (nSPS) is 17.3. The van der Waals surface area contributed by atoms with Crippen LogP contribution in [0.3, 0.4) is 0 Å². The predicted octanol–water partition coefficient (Wildman–Crippen LogP) is 6.16. The number of carbonyl (C=O) groups excluding carboxylic acids is 1. The lowest BCUT2D eigenvalue weighted by Crippen LogP contribution is -2.19. The van der Waals surface area contributed by atoms with Crippen molar-refractivity contribution >= 4 is 5.97 Å². The van der Waals surface area contributed by atoms with E-state index in [0.717, 1.165) is 11.1 Å². The summed E-state index contributed by atoms with van der Waals surface area (Å²) < 4.78 is 5.26. The number of nitrogens with zero attached hydrogens (tertiary/aromatic N) is 1. The molecule has 2 rings (SSSR count). The molecule has 5 heteroatoms. The van der Waals surface area contributed by atoms with Gasteiger partial charge in [0.25, 0.3) is 0 Å². The lowest BCUT2D eigenvalue weighted by atomic mass is 9.72. The monoisotopic (exact) mass is 451 g/mol. The smallest absolute Gasteiger partial charge is 0.331 e. The zero-order chi connectivity index (χ0) is 24.6. The summed E-state index contributed by atoms with van der Waals surface area (Å²) in [6.45, 7) is 12.0. The highest BCUT2D eigenvalue weighted by molar-refractivity contribution is 5.83. The topological polar surface area (TPSA) is 79.7 Å². The fourth-order valence-corrected chi connectivity index (χ4v) is 4.04. The Morgan fingerprint density at radius 2 is 1.94 bits per heavy atom. The second-order valence-electron chi connectivity index (χ2n) is 9.38. The number of carbonyl (C=O) groups is 1. The molecule has 1 heterocycles. The number of ether oxygens (including phenoxy) is 1. The van der Waals surface area contributed by atoms with Crippen LogP contribution in [-0.2, 0) is 22.7 Å². The van der Waals surface area contributed by atoms with Crippen LogP contribution in [0.5, 0.6) is 5.75 Å². The first-order valence-electron chi connectivity index (χ1n) is 11.4. The van der Waals surface area contributed by atoms with E-state index in [2.05, 4.69) is 44.8 Å². The Bertz CT molecular complexity index is 1020. The lowest BCUT2D eigenvalue weighted by Gasteiger charge is -2.32. The highest BCUT2D eigenvalue weighted by Gasteiger charge is 2.26. The molecule has 0 spiro atoms. The molecule has 0 amide bonds. The molecular formula is C28H37NO4. The van der Waals surface area contributed by atoms with Gasteiger partial charge in [0, 0.05) is 23.4 Å². The zero-order valence-corrected chi connectivity index (χ0v) is 20.7. The van der Waals surface area contributed by atoms with Crippen molar-refractivity contribution in [3.8, 4) is 5.75 Å². The molecule has 0 radical (unpaired) electrons. The van der Waals surface area contributed by atoms with Crippen LogP contribution in [0.2, 0.25) is 0 Å². The zero-order valence-electron chi connectivity index (χ0n) is 20.7. The molecule has 178 valence electrons. The summed E-state index contributed by atoms with van der Waals surface area (Å²) in [6.07, 6.45) is 16.7. The average Bonchev–Trinajstić information content (AvgIpc) is 2.73. The molecule has 1 aliphatic rings. The Morgan fingerprint density at radius 3 is 2.61 bits per heavy atom. The minimum Gasteiger partial charge on any atom is -0.506 e. The molecule has 0 fully saturated rings. The van der Waals surface area contributed by atoms with Gasteiger partial charge in [-0.3, -0.25) is 4.98 Å². The highest BCUT2D eigenvalue weighted by atomic mass is 16.5. The first-order chi connectivity index (χ1) is 15.5. The Kier molecular flexibility index (Phi) is 9.42. The molecule has 0 unspecified atom stereocenters. The number of aromatic hydroxyl groups is 1. The second kappa shape index (κ2) is 11.8. The first kappa shape index (κ1) is 26.3. The number of allylic oxidation sites excluding steroid dienone is 9. The van der Waals surface area contributed by atoms with E-state index in [1.807, 2.05) is 25.2 Å². The number of aliphatic hydroxyl groups excluding tert-OH is 1. The van der Waals surface area contributed by atoms with Crippen molar-refractivity contribution in [3.63, 3.8) is 0 Å². The van der Waals surface area contributed by atoms with Crippen molar-refractivity contribution in [2.75, 3.05) is 0 Å². The Labute approximate surface area is 197 Å². The molecule has 2 N–H and O–H groups in total. The molecule has 1 aromatic rings. The fraction of sp³-hybridized carbons (Fsp3) is 0.429. The maximum atomic E-state index is 12.1. The third-order valence-corrected chi connectivity index (χ3v) is 6.08. The molecule has 1 aliphatic carbocycles. The number of aromatic nitrogens is 1. The molecular weight excluding hydrogens is 414 g/mol. The third kappa shape index (κ3) is 7.57. The summed E-state index contributed by atoms with van der Waals surface area (Å²) in [5, 5.41) is 19.4. The van der Waals surface area contributed by atoms with E-state index in [1.54, 1.807) is 6.92 Å². The van der Waals surface area contributed by atoms with E-state index in [4.69, 9.17) is 4.74 Å². The number of aliphatic hydroxyl groups is 1. The van der Waals surface area contributed by atoms with Crippen LogP contribution < -0.4 is 0 Å². The number of hydrogen-bond donors (Lipinski definition) is 2. The van der Waals surface area contributed by atoms with Crippen molar-refractivity contribution < 1.29 is 19.7 Å². The van der Waals surface area contributed by atoms with Gasteiger partial charge in [0.1, 0.15) is 12.4 Å². The standard InChI is InChI=1S/C28H37NO4/c1-19(12-13-25-21(3)11-8-14-28(25,5)6)9-7-10-20(2)15-26(31)33-18-23-16-29-22(4)27(32)24(23)17-30/h7,9-10,12-13,15-16,30,32H,8,11,14,17-18H2,1-6H3. The van der Waals surface area contributed by atoms with Gasteiger partial charge in [-0.15, -0.1) is 0 Å². The van der Waals surface area contributed by atoms with Crippen LogP contribution >= 0.6 is 0 Å². The van der Waals surface area contributed by atoms with Crippen molar-refractivity contribution in [2.45, 2.75) is 74.0 Å². The molecule has 5 nitrogen and oxygen atoms in total. The van der Waals surface area contributed by atoms with E-state index in [0.29, 0.717) is 16.8 Å².